The van der Waals surface area contributed by atoms with Crippen LogP contribution < -0.4 is 9.47 Å². The fraction of sp³-hybridized carbons (Fsp3) is 0.588. The molecule has 1 aliphatic carbocycles. The summed E-state index contributed by atoms with van der Waals surface area (Å²) in [4.78, 5) is 14.6. The van der Waals surface area contributed by atoms with Crippen LogP contribution in [0.3, 0.4) is 0 Å². The van der Waals surface area contributed by atoms with Crippen molar-refractivity contribution in [3.63, 3.8) is 0 Å². The molecule has 21 heavy (non-hydrogen) atoms. The number of rotatable bonds is 4. The first-order valence-corrected chi connectivity index (χ1v) is 7.68. The Balaban J connectivity index is 1.86. The third kappa shape index (κ3) is 2.59. The van der Waals surface area contributed by atoms with Gasteiger partial charge in [0, 0.05) is 24.1 Å². The Morgan fingerprint density at radius 2 is 2.05 bits per heavy atom. The summed E-state index contributed by atoms with van der Waals surface area (Å²) in [5, 5.41) is 0. The van der Waals surface area contributed by atoms with Crippen molar-refractivity contribution in [2.75, 3.05) is 20.8 Å². The highest BCUT2D eigenvalue weighted by Gasteiger charge is 2.44. The van der Waals surface area contributed by atoms with Gasteiger partial charge < -0.3 is 14.4 Å². The van der Waals surface area contributed by atoms with Crippen LogP contribution in [-0.2, 0) is 4.79 Å². The summed E-state index contributed by atoms with van der Waals surface area (Å²) in [7, 11) is 3.32. The van der Waals surface area contributed by atoms with Gasteiger partial charge in [-0.25, -0.2) is 0 Å². The van der Waals surface area contributed by atoms with Gasteiger partial charge >= 0.3 is 0 Å². The summed E-state index contributed by atoms with van der Waals surface area (Å²) in [6.45, 7) is 3.02. The Bertz CT molecular complexity index is 543. The number of methoxy groups -OCH3 is 2. The molecule has 1 saturated heterocycles. The van der Waals surface area contributed by atoms with E-state index in [0.29, 0.717) is 11.8 Å². The van der Waals surface area contributed by atoms with Crippen LogP contribution in [0.25, 0.3) is 0 Å². The van der Waals surface area contributed by atoms with Crippen LogP contribution in [-0.4, -0.2) is 31.6 Å². The lowest BCUT2D eigenvalue weighted by atomic mass is 10.0. The minimum Gasteiger partial charge on any atom is -0.497 e. The van der Waals surface area contributed by atoms with E-state index in [-0.39, 0.29) is 12.0 Å². The average molecular weight is 289 g/mol. The highest BCUT2D eigenvalue weighted by atomic mass is 16.5. The van der Waals surface area contributed by atoms with Crippen LogP contribution in [0, 0.1) is 11.8 Å². The molecule has 3 atom stereocenters. The van der Waals surface area contributed by atoms with Crippen molar-refractivity contribution in [1.82, 2.24) is 4.90 Å². The molecule has 0 bridgehead atoms. The predicted octanol–water partition coefficient (Wildman–Crippen LogP) is 3.02. The molecule has 1 heterocycles. The van der Waals surface area contributed by atoms with Crippen molar-refractivity contribution in [2.45, 2.75) is 32.2 Å². The maximum atomic E-state index is 12.6. The Hall–Kier alpha value is -1.71. The van der Waals surface area contributed by atoms with E-state index in [1.54, 1.807) is 14.2 Å². The van der Waals surface area contributed by atoms with E-state index >= 15 is 0 Å². The molecule has 4 nitrogen and oxygen atoms in total. The zero-order chi connectivity index (χ0) is 15.0. The maximum Gasteiger partial charge on any atom is 0.226 e. The number of hydrogen-bond donors (Lipinski definition) is 0. The zero-order valence-corrected chi connectivity index (χ0v) is 13.0. The lowest BCUT2D eigenvalue weighted by Crippen LogP contribution is -2.32. The van der Waals surface area contributed by atoms with Gasteiger partial charge in [-0.3, -0.25) is 4.79 Å². The molecular weight excluding hydrogens is 266 g/mol. The zero-order valence-electron chi connectivity index (χ0n) is 13.0. The SMILES string of the molecule is COc1ccc([C@@H]2CCCN2C(=O)[C@@H]2C[C@H]2C)c(OC)c1. The van der Waals surface area contributed by atoms with E-state index < -0.39 is 0 Å². The number of ether oxygens (including phenoxy) is 2. The second kappa shape index (κ2) is 5.58. The number of nitrogens with zero attached hydrogens (tertiary/aromatic N) is 1. The molecule has 1 saturated carbocycles. The van der Waals surface area contributed by atoms with Crippen molar-refractivity contribution in [3.05, 3.63) is 23.8 Å². The van der Waals surface area contributed by atoms with Crippen LogP contribution in [0.15, 0.2) is 18.2 Å². The first-order valence-electron chi connectivity index (χ1n) is 7.68. The van der Waals surface area contributed by atoms with Crippen molar-refractivity contribution in [3.8, 4) is 11.5 Å². The van der Waals surface area contributed by atoms with E-state index in [2.05, 4.69) is 11.8 Å². The predicted molar refractivity (Wildman–Crippen MR) is 80.5 cm³/mol. The Morgan fingerprint density at radius 3 is 2.67 bits per heavy atom. The molecule has 0 unspecified atom stereocenters. The number of benzene rings is 1. The molecule has 114 valence electrons. The fourth-order valence-corrected chi connectivity index (χ4v) is 3.33. The molecule has 2 aliphatic rings. The van der Waals surface area contributed by atoms with Gasteiger partial charge in [0.05, 0.1) is 20.3 Å². The van der Waals surface area contributed by atoms with E-state index in [0.717, 1.165) is 42.9 Å². The van der Waals surface area contributed by atoms with Crippen molar-refractivity contribution >= 4 is 5.91 Å². The monoisotopic (exact) mass is 289 g/mol. The molecule has 1 amide bonds. The van der Waals surface area contributed by atoms with Crippen molar-refractivity contribution in [1.29, 1.82) is 0 Å². The Kier molecular flexibility index (Phi) is 3.79. The topological polar surface area (TPSA) is 38.8 Å². The molecule has 2 fully saturated rings. The van der Waals surface area contributed by atoms with Gasteiger partial charge in [-0.05, 0) is 37.3 Å². The molecule has 3 rings (SSSR count). The fourth-order valence-electron chi connectivity index (χ4n) is 3.33. The first kappa shape index (κ1) is 14.2. The van der Waals surface area contributed by atoms with Crippen LogP contribution in [0.4, 0.5) is 0 Å². The van der Waals surface area contributed by atoms with E-state index in [9.17, 15) is 4.79 Å². The number of carbonyl (C=O) groups excluding carboxylic acids is 1. The molecule has 0 spiro atoms. The van der Waals surface area contributed by atoms with Crippen LogP contribution >= 0.6 is 0 Å². The summed E-state index contributed by atoms with van der Waals surface area (Å²) in [5.41, 5.74) is 1.09. The molecule has 0 radical (unpaired) electrons. The van der Waals surface area contributed by atoms with Crippen molar-refractivity contribution < 1.29 is 14.3 Å². The molecule has 1 aromatic carbocycles. The number of amides is 1. The molecule has 1 aliphatic heterocycles. The Labute approximate surface area is 126 Å². The van der Waals surface area contributed by atoms with E-state index in [1.807, 2.05) is 18.2 Å². The molecule has 1 aromatic rings. The minimum absolute atomic E-state index is 0.145. The number of hydrogen-bond acceptors (Lipinski definition) is 3. The number of likely N-dealkylation sites (tertiary alicyclic amines) is 1. The van der Waals surface area contributed by atoms with Crippen LogP contribution in [0.2, 0.25) is 0 Å². The van der Waals surface area contributed by atoms with Crippen molar-refractivity contribution in [2.24, 2.45) is 11.8 Å². The lowest BCUT2D eigenvalue weighted by molar-refractivity contribution is -0.133. The quantitative estimate of drug-likeness (QED) is 0.855. The van der Waals surface area contributed by atoms with Gasteiger partial charge in [-0.1, -0.05) is 6.92 Å². The third-order valence-electron chi connectivity index (χ3n) is 4.76. The standard InChI is InChI=1S/C17H23NO3/c1-11-9-14(11)17(19)18-8-4-5-15(18)13-7-6-12(20-2)10-16(13)21-3/h6-7,10-11,14-15H,4-5,8-9H2,1-3H3/t11-,14-,15+/m1/s1. The smallest absolute Gasteiger partial charge is 0.226 e. The first-order chi connectivity index (χ1) is 10.2. The van der Waals surface area contributed by atoms with Crippen LogP contribution in [0.1, 0.15) is 37.8 Å². The van der Waals surface area contributed by atoms with Gasteiger partial charge in [-0.2, -0.15) is 0 Å². The summed E-state index contributed by atoms with van der Waals surface area (Å²) in [5.74, 6) is 2.71. The molecule has 4 heteroatoms. The summed E-state index contributed by atoms with van der Waals surface area (Å²) in [6.07, 6.45) is 3.12. The summed E-state index contributed by atoms with van der Waals surface area (Å²) >= 11 is 0. The maximum absolute atomic E-state index is 12.6. The van der Waals surface area contributed by atoms with Gasteiger partial charge in [0.1, 0.15) is 11.5 Å². The highest BCUT2D eigenvalue weighted by Crippen LogP contribution is 2.44. The second-order valence-corrected chi connectivity index (χ2v) is 6.12. The largest absolute Gasteiger partial charge is 0.497 e. The normalized spacial score (nSPS) is 27.6. The van der Waals surface area contributed by atoms with E-state index in [4.69, 9.17) is 9.47 Å². The molecular formula is C17H23NO3. The number of carbonyl (C=O) groups is 1. The van der Waals surface area contributed by atoms with Gasteiger partial charge in [0.2, 0.25) is 5.91 Å². The van der Waals surface area contributed by atoms with Gasteiger partial charge in [0.25, 0.3) is 0 Å². The van der Waals surface area contributed by atoms with E-state index in [1.165, 1.54) is 0 Å². The highest BCUT2D eigenvalue weighted by molar-refractivity contribution is 5.82. The Morgan fingerprint density at radius 1 is 1.29 bits per heavy atom. The second-order valence-electron chi connectivity index (χ2n) is 6.12. The summed E-state index contributed by atoms with van der Waals surface area (Å²) in [6, 6.07) is 6.02. The van der Waals surface area contributed by atoms with Gasteiger partial charge in [0.15, 0.2) is 0 Å². The molecule has 0 aromatic heterocycles. The molecule has 0 N–H and O–H groups in total. The van der Waals surface area contributed by atoms with Gasteiger partial charge in [-0.15, -0.1) is 0 Å². The lowest BCUT2D eigenvalue weighted by Gasteiger charge is -2.26. The average Bonchev–Trinajstić information content (AvgIpc) is 3.05. The third-order valence-corrected chi connectivity index (χ3v) is 4.76. The van der Waals surface area contributed by atoms with Crippen LogP contribution in [0.5, 0.6) is 11.5 Å². The summed E-state index contributed by atoms with van der Waals surface area (Å²) < 4.78 is 10.8. The minimum atomic E-state index is 0.145.